The van der Waals surface area contributed by atoms with Gasteiger partial charge in [0.2, 0.25) is 5.91 Å². The zero-order chi connectivity index (χ0) is 14.7. The maximum Gasteiger partial charge on any atom is 0.240 e. The first-order chi connectivity index (χ1) is 10.3. The van der Waals surface area contributed by atoms with Gasteiger partial charge >= 0.3 is 0 Å². The molecule has 0 spiro atoms. The topological polar surface area (TPSA) is 23.6 Å². The lowest BCUT2D eigenvalue weighted by Gasteiger charge is -2.26. The molecule has 3 nitrogen and oxygen atoms in total. The van der Waals surface area contributed by atoms with Crippen LogP contribution in [-0.4, -0.2) is 30.9 Å². The molecule has 21 heavy (non-hydrogen) atoms. The lowest BCUT2D eigenvalue weighted by Crippen LogP contribution is -2.38. The quantitative estimate of drug-likeness (QED) is 0.862. The van der Waals surface area contributed by atoms with Gasteiger partial charge in [0.05, 0.1) is 6.54 Å². The third-order valence-electron chi connectivity index (χ3n) is 4.09. The second-order valence-electron chi connectivity index (χ2n) is 5.43. The van der Waals surface area contributed by atoms with Crippen molar-refractivity contribution in [2.75, 3.05) is 25.0 Å². The van der Waals surface area contributed by atoms with Gasteiger partial charge < -0.3 is 4.90 Å². The van der Waals surface area contributed by atoms with Crippen LogP contribution in [0, 0.1) is 0 Å². The molecule has 1 saturated heterocycles. The zero-order valence-corrected chi connectivity index (χ0v) is 13.1. The number of hydrogen-bond donors (Lipinski definition) is 0. The van der Waals surface area contributed by atoms with E-state index in [-0.39, 0.29) is 5.91 Å². The van der Waals surface area contributed by atoms with Crippen LogP contribution in [-0.2, 0) is 4.79 Å². The van der Waals surface area contributed by atoms with E-state index in [2.05, 4.69) is 22.4 Å². The van der Waals surface area contributed by atoms with Crippen molar-refractivity contribution in [3.05, 3.63) is 52.7 Å². The lowest BCUT2D eigenvalue weighted by molar-refractivity contribution is -0.119. The molecule has 0 bridgehead atoms. The number of hydrogen-bond acceptors (Lipinski definition) is 3. The molecule has 0 N–H and O–H groups in total. The van der Waals surface area contributed by atoms with E-state index in [9.17, 15) is 4.79 Å². The molecule has 2 heterocycles. The van der Waals surface area contributed by atoms with Crippen LogP contribution in [0.5, 0.6) is 0 Å². The first-order valence-electron chi connectivity index (χ1n) is 7.35. The Bertz CT molecular complexity index is 582. The zero-order valence-electron chi connectivity index (χ0n) is 12.2. The summed E-state index contributed by atoms with van der Waals surface area (Å²) >= 11 is 1.79. The van der Waals surface area contributed by atoms with Crippen LogP contribution in [0.2, 0.25) is 0 Å². The average Bonchev–Trinajstić information content (AvgIpc) is 3.18. The van der Waals surface area contributed by atoms with Crippen molar-refractivity contribution in [2.45, 2.75) is 18.9 Å². The number of thiophene rings is 1. The summed E-state index contributed by atoms with van der Waals surface area (Å²) < 4.78 is 0. The Hall–Kier alpha value is -1.65. The molecule has 1 aliphatic heterocycles. The molecule has 0 aliphatic carbocycles. The van der Waals surface area contributed by atoms with Gasteiger partial charge in [-0.3, -0.25) is 9.69 Å². The normalized spacial score (nSPS) is 18.8. The fourth-order valence-electron chi connectivity index (χ4n) is 2.89. The molecule has 0 saturated carbocycles. The summed E-state index contributed by atoms with van der Waals surface area (Å²) in [5.41, 5.74) is 0.953. The molecule has 1 amide bonds. The molecule has 1 aromatic heterocycles. The van der Waals surface area contributed by atoms with Gasteiger partial charge in [-0.1, -0.05) is 24.3 Å². The summed E-state index contributed by atoms with van der Waals surface area (Å²) in [6, 6.07) is 14.5. The van der Waals surface area contributed by atoms with Gasteiger partial charge in [-0.2, -0.15) is 0 Å². The van der Waals surface area contributed by atoms with Crippen LogP contribution in [0.15, 0.2) is 47.8 Å². The number of rotatable bonds is 4. The second-order valence-corrected chi connectivity index (χ2v) is 6.41. The fraction of sp³-hybridized carbons (Fsp3) is 0.353. The summed E-state index contributed by atoms with van der Waals surface area (Å²) in [5.74, 6) is 0.157. The third kappa shape index (κ3) is 3.17. The van der Waals surface area contributed by atoms with Crippen molar-refractivity contribution >= 4 is 22.9 Å². The lowest BCUT2D eigenvalue weighted by atomic mass is 10.2. The number of benzene rings is 1. The van der Waals surface area contributed by atoms with Crippen LogP contribution in [0.4, 0.5) is 5.69 Å². The summed E-state index contributed by atoms with van der Waals surface area (Å²) in [6.45, 7) is 1.50. The number of likely N-dealkylation sites (N-methyl/N-ethyl adjacent to an activating group) is 1. The first-order valence-corrected chi connectivity index (χ1v) is 8.23. The minimum atomic E-state index is 0.157. The molecule has 3 rings (SSSR count). The van der Waals surface area contributed by atoms with Crippen LogP contribution in [0.25, 0.3) is 0 Å². The highest BCUT2D eigenvalue weighted by atomic mass is 32.1. The van der Waals surface area contributed by atoms with E-state index < -0.39 is 0 Å². The maximum atomic E-state index is 12.5. The first kappa shape index (κ1) is 14.3. The molecule has 110 valence electrons. The van der Waals surface area contributed by atoms with Crippen molar-refractivity contribution < 1.29 is 4.79 Å². The number of nitrogens with zero attached hydrogens (tertiary/aromatic N) is 2. The predicted molar refractivity (Wildman–Crippen MR) is 87.7 cm³/mol. The highest BCUT2D eigenvalue weighted by molar-refractivity contribution is 7.10. The minimum absolute atomic E-state index is 0.157. The summed E-state index contributed by atoms with van der Waals surface area (Å²) in [5, 5.41) is 2.11. The monoisotopic (exact) mass is 300 g/mol. The van der Waals surface area contributed by atoms with Crippen molar-refractivity contribution in [2.24, 2.45) is 0 Å². The third-order valence-corrected chi connectivity index (χ3v) is 5.06. The Morgan fingerprint density at radius 1 is 1.29 bits per heavy atom. The molecule has 1 aromatic carbocycles. The fourth-order valence-corrected chi connectivity index (χ4v) is 3.79. The standard InChI is InChI=1S/C17H20N2OS/c1-18(14-7-3-2-4-8-14)17(20)13-19-11-5-9-15(19)16-10-6-12-21-16/h2-4,6-8,10,12,15H,5,9,11,13H2,1H3/t15-/m1/s1. The van der Waals surface area contributed by atoms with Crippen molar-refractivity contribution in [3.8, 4) is 0 Å². The van der Waals surface area contributed by atoms with E-state index in [0.717, 1.165) is 18.7 Å². The van der Waals surface area contributed by atoms with Crippen molar-refractivity contribution in [1.29, 1.82) is 0 Å². The summed E-state index contributed by atoms with van der Waals surface area (Å²) in [4.78, 5) is 17.9. The van der Waals surface area contributed by atoms with Gasteiger partial charge in [-0.05, 0) is 43.0 Å². The van der Waals surface area contributed by atoms with Gasteiger partial charge in [-0.25, -0.2) is 0 Å². The number of likely N-dealkylation sites (tertiary alicyclic amines) is 1. The van der Waals surface area contributed by atoms with Gasteiger partial charge in [0.15, 0.2) is 0 Å². The van der Waals surface area contributed by atoms with Gasteiger partial charge in [0.25, 0.3) is 0 Å². The van der Waals surface area contributed by atoms with E-state index in [4.69, 9.17) is 0 Å². The molecule has 0 radical (unpaired) electrons. The highest BCUT2D eigenvalue weighted by Crippen LogP contribution is 2.34. The van der Waals surface area contributed by atoms with Crippen LogP contribution in [0.3, 0.4) is 0 Å². The molecule has 1 atom stereocenters. The highest BCUT2D eigenvalue weighted by Gasteiger charge is 2.29. The van der Waals surface area contributed by atoms with Gasteiger partial charge in [0, 0.05) is 23.7 Å². The Kier molecular flexibility index (Phi) is 4.36. The smallest absolute Gasteiger partial charge is 0.240 e. The molecule has 1 aliphatic rings. The van der Waals surface area contributed by atoms with E-state index >= 15 is 0 Å². The van der Waals surface area contributed by atoms with Gasteiger partial charge in [0.1, 0.15) is 0 Å². The predicted octanol–water partition coefficient (Wildman–Crippen LogP) is 3.55. The molecule has 2 aromatic rings. The number of amides is 1. The Labute approximate surface area is 129 Å². The van der Waals surface area contributed by atoms with Crippen molar-refractivity contribution in [3.63, 3.8) is 0 Å². The average molecular weight is 300 g/mol. The van der Waals surface area contributed by atoms with Crippen LogP contribution in [0.1, 0.15) is 23.8 Å². The summed E-state index contributed by atoms with van der Waals surface area (Å²) in [7, 11) is 1.86. The second kappa shape index (κ2) is 6.41. The molecule has 4 heteroatoms. The molecule has 0 unspecified atom stereocenters. The van der Waals surface area contributed by atoms with Crippen LogP contribution >= 0.6 is 11.3 Å². The maximum absolute atomic E-state index is 12.5. The number of anilines is 1. The van der Waals surface area contributed by atoms with E-state index in [0.29, 0.717) is 12.6 Å². The number of para-hydroxylation sites is 1. The van der Waals surface area contributed by atoms with E-state index in [1.165, 1.54) is 11.3 Å². The van der Waals surface area contributed by atoms with Crippen molar-refractivity contribution in [1.82, 2.24) is 4.90 Å². The Morgan fingerprint density at radius 2 is 2.10 bits per heavy atom. The van der Waals surface area contributed by atoms with E-state index in [1.54, 1.807) is 16.2 Å². The number of carbonyl (C=O) groups is 1. The molecular weight excluding hydrogens is 280 g/mol. The largest absolute Gasteiger partial charge is 0.314 e. The van der Waals surface area contributed by atoms with Gasteiger partial charge in [-0.15, -0.1) is 11.3 Å². The van der Waals surface area contributed by atoms with Crippen LogP contribution < -0.4 is 4.90 Å². The Balaban J connectivity index is 1.67. The minimum Gasteiger partial charge on any atom is -0.314 e. The molecular formula is C17H20N2OS. The van der Waals surface area contributed by atoms with E-state index in [1.807, 2.05) is 37.4 Å². The summed E-state index contributed by atoms with van der Waals surface area (Å²) in [6.07, 6.45) is 2.33. The SMILES string of the molecule is CN(C(=O)CN1CCC[C@@H]1c1cccs1)c1ccccc1. The number of carbonyl (C=O) groups excluding carboxylic acids is 1. The Morgan fingerprint density at radius 3 is 2.81 bits per heavy atom. The molecule has 1 fully saturated rings.